The number of hydrogen-bond donors (Lipinski definition) is 1. The number of benzene rings is 1. The predicted molar refractivity (Wildman–Crippen MR) is 59.2 cm³/mol. The molecule has 74 valence electrons. The number of aryl methyl sites for hydroxylation is 1. The van der Waals surface area contributed by atoms with E-state index in [-0.39, 0.29) is 11.9 Å². The molecule has 1 fully saturated rings. The van der Waals surface area contributed by atoms with Gasteiger partial charge in [-0.1, -0.05) is 6.07 Å². The first-order valence-corrected chi connectivity index (χ1v) is 5.22. The van der Waals surface area contributed by atoms with Gasteiger partial charge in [0.15, 0.2) is 0 Å². The molecule has 1 aliphatic heterocycles. The Bertz CT molecular complexity index is 392. The number of rotatable bonds is 1. The smallest absolute Gasteiger partial charge is 0.245 e. The summed E-state index contributed by atoms with van der Waals surface area (Å²) in [5.74, 6) is -0.00343. The highest BCUT2D eigenvalue weighted by atomic mass is 79.9. The van der Waals surface area contributed by atoms with E-state index in [2.05, 4.69) is 15.9 Å². The van der Waals surface area contributed by atoms with Crippen LogP contribution < -0.4 is 10.6 Å². The molecular formula is C10H11BrN2O. The molecule has 1 heterocycles. The molecule has 0 radical (unpaired) electrons. The molecule has 1 aromatic rings. The van der Waals surface area contributed by atoms with Crippen molar-refractivity contribution in [2.75, 3.05) is 11.4 Å². The first-order valence-electron chi connectivity index (χ1n) is 4.42. The van der Waals surface area contributed by atoms with E-state index in [0.29, 0.717) is 6.54 Å². The van der Waals surface area contributed by atoms with Crippen LogP contribution >= 0.6 is 15.9 Å². The average molecular weight is 255 g/mol. The number of carbonyl (C=O) groups is 1. The predicted octanol–water partition coefficient (Wildman–Crippen LogP) is 1.43. The molecular weight excluding hydrogens is 244 g/mol. The number of hydrogen-bond acceptors (Lipinski definition) is 2. The van der Waals surface area contributed by atoms with E-state index in [4.69, 9.17) is 5.73 Å². The number of halogens is 1. The summed E-state index contributed by atoms with van der Waals surface area (Å²) < 4.78 is 0.934. The zero-order valence-corrected chi connectivity index (χ0v) is 9.41. The Kier molecular flexibility index (Phi) is 2.33. The van der Waals surface area contributed by atoms with Crippen LogP contribution in [0.3, 0.4) is 0 Å². The van der Waals surface area contributed by atoms with Gasteiger partial charge >= 0.3 is 0 Å². The molecule has 0 saturated carbocycles. The number of anilines is 1. The van der Waals surface area contributed by atoms with Gasteiger partial charge < -0.3 is 10.6 Å². The molecule has 0 bridgehead atoms. The van der Waals surface area contributed by atoms with Crippen molar-refractivity contribution < 1.29 is 4.79 Å². The van der Waals surface area contributed by atoms with Crippen molar-refractivity contribution in [3.8, 4) is 0 Å². The number of nitrogens with two attached hydrogens (primary N) is 1. The molecule has 0 spiro atoms. The van der Waals surface area contributed by atoms with Gasteiger partial charge in [0.1, 0.15) is 6.04 Å². The molecule has 1 unspecified atom stereocenters. The lowest BCUT2D eigenvalue weighted by Crippen LogP contribution is -2.61. The average Bonchev–Trinajstić information content (AvgIpc) is 2.18. The Morgan fingerprint density at radius 1 is 1.57 bits per heavy atom. The lowest BCUT2D eigenvalue weighted by molar-refractivity contribution is -0.123. The van der Waals surface area contributed by atoms with E-state index in [1.165, 1.54) is 0 Å². The van der Waals surface area contributed by atoms with Crippen molar-refractivity contribution in [2.24, 2.45) is 5.73 Å². The maximum absolute atomic E-state index is 11.4. The largest absolute Gasteiger partial charge is 0.318 e. The lowest BCUT2D eigenvalue weighted by Gasteiger charge is -2.36. The molecule has 1 atom stereocenters. The van der Waals surface area contributed by atoms with Crippen LogP contribution in [0, 0.1) is 6.92 Å². The number of nitrogens with zero attached hydrogens (tertiary/aromatic N) is 1. The Hall–Kier alpha value is -0.870. The molecule has 0 aliphatic carbocycles. The minimum Gasteiger partial charge on any atom is -0.318 e. The summed E-state index contributed by atoms with van der Waals surface area (Å²) in [7, 11) is 0. The number of carbonyl (C=O) groups excluding carboxylic acids is 1. The zero-order chi connectivity index (χ0) is 10.3. The van der Waals surface area contributed by atoms with Gasteiger partial charge in [-0.25, -0.2) is 0 Å². The highest BCUT2D eigenvalue weighted by molar-refractivity contribution is 9.10. The van der Waals surface area contributed by atoms with Crippen LogP contribution in [0.1, 0.15) is 5.56 Å². The van der Waals surface area contributed by atoms with Crippen LogP contribution in [0.5, 0.6) is 0 Å². The van der Waals surface area contributed by atoms with Crippen molar-refractivity contribution in [2.45, 2.75) is 13.0 Å². The van der Waals surface area contributed by atoms with Crippen LogP contribution in [0.2, 0.25) is 0 Å². The van der Waals surface area contributed by atoms with Gasteiger partial charge in [0.25, 0.3) is 0 Å². The van der Waals surface area contributed by atoms with Gasteiger partial charge in [-0.05, 0) is 40.5 Å². The summed E-state index contributed by atoms with van der Waals surface area (Å²) in [6.07, 6.45) is 0. The Morgan fingerprint density at radius 2 is 2.29 bits per heavy atom. The molecule has 2 N–H and O–H groups in total. The van der Waals surface area contributed by atoms with Crippen LogP contribution in [0.4, 0.5) is 5.69 Å². The Morgan fingerprint density at radius 3 is 2.86 bits per heavy atom. The third kappa shape index (κ3) is 1.44. The first-order chi connectivity index (χ1) is 6.59. The quantitative estimate of drug-likeness (QED) is 0.771. The van der Waals surface area contributed by atoms with Crippen LogP contribution in [0.25, 0.3) is 0 Å². The molecule has 0 aromatic heterocycles. The normalized spacial score (nSPS) is 20.9. The van der Waals surface area contributed by atoms with E-state index >= 15 is 0 Å². The van der Waals surface area contributed by atoms with Crippen LogP contribution in [0.15, 0.2) is 22.7 Å². The number of β-lactam (4-membered cyclic amide) rings is 1. The van der Waals surface area contributed by atoms with Gasteiger partial charge in [-0.3, -0.25) is 4.79 Å². The standard InChI is InChI=1S/C10H11BrN2O/c1-6-2-3-7(11)9(4-6)13-5-8(12)10(13)14/h2-4,8H,5,12H2,1H3. The van der Waals surface area contributed by atoms with E-state index in [9.17, 15) is 4.79 Å². The van der Waals surface area contributed by atoms with Crippen molar-refractivity contribution in [3.63, 3.8) is 0 Å². The summed E-state index contributed by atoms with van der Waals surface area (Å²) in [6.45, 7) is 2.61. The maximum atomic E-state index is 11.4. The second-order valence-electron chi connectivity index (χ2n) is 3.51. The number of amides is 1. The topological polar surface area (TPSA) is 46.3 Å². The fraction of sp³-hybridized carbons (Fsp3) is 0.300. The van der Waals surface area contributed by atoms with E-state index < -0.39 is 0 Å². The molecule has 2 rings (SSSR count). The Labute approximate surface area is 91.0 Å². The van der Waals surface area contributed by atoms with E-state index in [1.807, 2.05) is 25.1 Å². The third-order valence-corrected chi connectivity index (χ3v) is 3.03. The summed E-state index contributed by atoms with van der Waals surface area (Å²) in [5, 5.41) is 0. The summed E-state index contributed by atoms with van der Waals surface area (Å²) in [6, 6.07) is 5.61. The van der Waals surface area contributed by atoms with Gasteiger partial charge in [-0.2, -0.15) is 0 Å². The summed E-state index contributed by atoms with van der Waals surface area (Å²) >= 11 is 3.42. The minimum absolute atomic E-state index is 0.00343. The highest BCUT2D eigenvalue weighted by Crippen LogP contribution is 2.30. The third-order valence-electron chi connectivity index (χ3n) is 2.35. The maximum Gasteiger partial charge on any atom is 0.245 e. The molecule has 1 aromatic carbocycles. The van der Waals surface area contributed by atoms with Crippen molar-refractivity contribution in [3.05, 3.63) is 28.2 Å². The lowest BCUT2D eigenvalue weighted by atomic mass is 10.1. The SMILES string of the molecule is Cc1ccc(Br)c(N2CC(N)C2=O)c1. The second kappa shape index (κ2) is 3.37. The zero-order valence-electron chi connectivity index (χ0n) is 7.83. The van der Waals surface area contributed by atoms with E-state index in [1.54, 1.807) is 4.90 Å². The molecule has 1 saturated heterocycles. The van der Waals surface area contributed by atoms with Gasteiger partial charge in [0.2, 0.25) is 5.91 Å². The molecule has 1 aliphatic rings. The first kappa shape index (κ1) is 9.68. The van der Waals surface area contributed by atoms with Gasteiger partial charge in [-0.15, -0.1) is 0 Å². The summed E-state index contributed by atoms with van der Waals surface area (Å²) in [5.41, 5.74) is 7.58. The fourth-order valence-corrected chi connectivity index (χ4v) is 1.96. The second-order valence-corrected chi connectivity index (χ2v) is 4.36. The highest BCUT2D eigenvalue weighted by Gasteiger charge is 2.35. The van der Waals surface area contributed by atoms with Crippen molar-refractivity contribution in [1.29, 1.82) is 0 Å². The molecule has 1 amide bonds. The summed E-state index contributed by atoms with van der Waals surface area (Å²) in [4.78, 5) is 13.1. The van der Waals surface area contributed by atoms with Gasteiger partial charge in [0, 0.05) is 4.47 Å². The van der Waals surface area contributed by atoms with Gasteiger partial charge in [0.05, 0.1) is 12.2 Å². The van der Waals surface area contributed by atoms with E-state index in [0.717, 1.165) is 15.7 Å². The molecule has 3 nitrogen and oxygen atoms in total. The molecule has 4 heteroatoms. The van der Waals surface area contributed by atoms with Crippen LogP contribution in [-0.4, -0.2) is 18.5 Å². The molecule has 14 heavy (non-hydrogen) atoms. The van der Waals surface area contributed by atoms with Crippen LogP contribution in [-0.2, 0) is 4.79 Å². The minimum atomic E-state index is -0.317. The fourth-order valence-electron chi connectivity index (χ4n) is 1.50. The van der Waals surface area contributed by atoms with Crippen molar-refractivity contribution >= 4 is 27.5 Å². The van der Waals surface area contributed by atoms with Crippen molar-refractivity contribution in [1.82, 2.24) is 0 Å². The monoisotopic (exact) mass is 254 g/mol. The Balaban J connectivity index is 2.33.